The lowest BCUT2D eigenvalue weighted by Gasteiger charge is -2.17. The van der Waals surface area contributed by atoms with E-state index in [2.05, 4.69) is 6.92 Å². The molecule has 0 bridgehead atoms. The molecule has 1 rings (SSSR count). The monoisotopic (exact) mass is 142 g/mol. The second-order valence-corrected chi connectivity index (χ2v) is 3.18. The lowest BCUT2D eigenvalue weighted by atomic mass is 10.1. The highest BCUT2D eigenvalue weighted by atomic mass is 15.4. The number of unbranched alkanes of at least 4 members (excludes halogenated alkanes) is 1. The van der Waals surface area contributed by atoms with E-state index in [4.69, 9.17) is 5.84 Å². The number of nitrogens with zero attached hydrogens (tertiary/aromatic N) is 1. The Balaban J connectivity index is 2.14. The lowest BCUT2D eigenvalue weighted by Crippen LogP contribution is -2.35. The highest BCUT2D eigenvalue weighted by Crippen LogP contribution is 2.17. The van der Waals surface area contributed by atoms with Crippen molar-refractivity contribution in [2.75, 3.05) is 6.54 Å². The molecular formula is C8H18N2. The van der Waals surface area contributed by atoms with Crippen LogP contribution in [0.5, 0.6) is 0 Å². The topological polar surface area (TPSA) is 29.3 Å². The Morgan fingerprint density at radius 3 is 2.90 bits per heavy atom. The molecule has 0 aromatic carbocycles. The fourth-order valence-corrected chi connectivity index (χ4v) is 1.61. The summed E-state index contributed by atoms with van der Waals surface area (Å²) in [6, 6.07) is 0.694. The number of rotatable bonds is 3. The van der Waals surface area contributed by atoms with Gasteiger partial charge in [-0.15, -0.1) is 0 Å². The molecule has 2 nitrogen and oxygen atoms in total. The Hall–Kier alpha value is -0.0800. The van der Waals surface area contributed by atoms with Gasteiger partial charge in [-0.3, -0.25) is 5.84 Å². The third-order valence-electron chi connectivity index (χ3n) is 2.31. The van der Waals surface area contributed by atoms with Gasteiger partial charge in [0.25, 0.3) is 0 Å². The van der Waals surface area contributed by atoms with Crippen molar-refractivity contribution >= 4 is 0 Å². The molecule has 1 fully saturated rings. The van der Waals surface area contributed by atoms with Crippen molar-refractivity contribution in [2.24, 2.45) is 5.84 Å². The molecule has 1 heterocycles. The molecule has 0 amide bonds. The summed E-state index contributed by atoms with van der Waals surface area (Å²) in [6.07, 6.45) is 6.54. The minimum Gasteiger partial charge on any atom is -0.269 e. The maximum absolute atomic E-state index is 5.75. The molecule has 0 saturated carbocycles. The summed E-state index contributed by atoms with van der Waals surface area (Å²) in [5.41, 5.74) is 0. The molecule has 1 atom stereocenters. The first kappa shape index (κ1) is 8.02. The maximum Gasteiger partial charge on any atom is 0.0241 e. The summed E-state index contributed by atoms with van der Waals surface area (Å²) in [6.45, 7) is 3.34. The van der Waals surface area contributed by atoms with Crippen LogP contribution >= 0.6 is 0 Å². The van der Waals surface area contributed by atoms with Crippen LogP contribution in [0.25, 0.3) is 0 Å². The van der Waals surface area contributed by atoms with Crippen LogP contribution in [0.1, 0.15) is 39.0 Å². The van der Waals surface area contributed by atoms with Crippen LogP contribution in [0, 0.1) is 0 Å². The van der Waals surface area contributed by atoms with E-state index < -0.39 is 0 Å². The van der Waals surface area contributed by atoms with Gasteiger partial charge < -0.3 is 0 Å². The van der Waals surface area contributed by atoms with E-state index >= 15 is 0 Å². The standard InChI is InChI=1S/C8H18N2/c1-2-3-5-8-6-4-7-10(8)9/h8H,2-7,9H2,1H3. The third-order valence-corrected chi connectivity index (χ3v) is 2.31. The van der Waals surface area contributed by atoms with Crippen LogP contribution in [0.4, 0.5) is 0 Å². The van der Waals surface area contributed by atoms with E-state index in [0.717, 1.165) is 6.54 Å². The first-order chi connectivity index (χ1) is 4.84. The second-order valence-electron chi connectivity index (χ2n) is 3.18. The first-order valence-electron chi connectivity index (χ1n) is 4.36. The van der Waals surface area contributed by atoms with E-state index in [1.807, 2.05) is 5.01 Å². The van der Waals surface area contributed by atoms with E-state index in [9.17, 15) is 0 Å². The van der Waals surface area contributed by atoms with Gasteiger partial charge in [-0.1, -0.05) is 19.8 Å². The largest absolute Gasteiger partial charge is 0.269 e. The summed E-state index contributed by atoms with van der Waals surface area (Å²) in [5, 5.41) is 2.01. The Bertz CT molecular complexity index is 93.3. The zero-order valence-corrected chi connectivity index (χ0v) is 6.84. The quantitative estimate of drug-likeness (QED) is 0.605. The van der Waals surface area contributed by atoms with Crippen molar-refractivity contribution in [3.05, 3.63) is 0 Å². The lowest BCUT2D eigenvalue weighted by molar-refractivity contribution is 0.246. The molecule has 10 heavy (non-hydrogen) atoms. The Labute approximate surface area is 63.4 Å². The van der Waals surface area contributed by atoms with E-state index in [-0.39, 0.29) is 0 Å². The molecule has 2 heteroatoms. The van der Waals surface area contributed by atoms with Crippen LogP contribution in [-0.2, 0) is 0 Å². The number of hydrogen-bond donors (Lipinski definition) is 1. The van der Waals surface area contributed by atoms with Gasteiger partial charge in [-0.05, 0) is 19.3 Å². The van der Waals surface area contributed by atoms with Gasteiger partial charge in [0.1, 0.15) is 0 Å². The highest BCUT2D eigenvalue weighted by Gasteiger charge is 2.19. The van der Waals surface area contributed by atoms with Gasteiger partial charge in [0.05, 0.1) is 0 Å². The fourth-order valence-electron chi connectivity index (χ4n) is 1.61. The van der Waals surface area contributed by atoms with E-state index in [1.54, 1.807) is 0 Å². The van der Waals surface area contributed by atoms with Gasteiger partial charge in [0.15, 0.2) is 0 Å². The molecule has 0 aromatic heterocycles. The molecular weight excluding hydrogens is 124 g/mol. The van der Waals surface area contributed by atoms with Crippen molar-refractivity contribution < 1.29 is 0 Å². The minimum atomic E-state index is 0.694. The normalized spacial score (nSPS) is 27.6. The van der Waals surface area contributed by atoms with Gasteiger partial charge in [-0.2, -0.15) is 0 Å². The predicted molar refractivity (Wildman–Crippen MR) is 43.4 cm³/mol. The third kappa shape index (κ3) is 1.96. The van der Waals surface area contributed by atoms with Crippen molar-refractivity contribution in [1.82, 2.24) is 5.01 Å². The zero-order valence-electron chi connectivity index (χ0n) is 6.84. The molecule has 0 aliphatic carbocycles. The summed E-state index contributed by atoms with van der Waals surface area (Å²) < 4.78 is 0. The van der Waals surface area contributed by atoms with Crippen molar-refractivity contribution in [1.29, 1.82) is 0 Å². The van der Waals surface area contributed by atoms with Crippen molar-refractivity contribution in [2.45, 2.75) is 45.1 Å². The Kier molecular flexibility index (Phi) is 3.16. The molecule has 0 aromatic rings. The van der Waals surface area contributed by atoms with Crippen molar-refractivity contribution in [3.8, 4) is 0 Å². The molecule has 60 valence electrons. The molecule has 1 aliphatic rings. The number of hydrazine groups is 1. The van der Waals surface area contributed by atoms with Crippen molar-refractivity contribution in [3.63, 3.8) is 0 Å². The Morgan fingerprint density at radius 1 is 1.60 bits per heavy atom. The average Bonchev–Trinajstić information content (AvgIpc) is 2.31. The molecule has 0 spiro atoms. The van der Waals surface area contributed by atoms with E-state index in [0.29, 0.717) is 6.04 Å². The molecule has 1 unspecified atom stereocenters. The number of hydrogen-bond acceptors (Lipinski definition) is 2. The van der Waals surface area contributed by atoms with Gasteiger partial charge in [-0.25, -0.2) is 5.01 Å². The van der Waals surface area contributed by atoms with Crippen LogP contribution in [0.2, 0.25) is 0 Å². The second kappa shape index (κ2) is 3.94. The Morgan fingerprint density at radius 2 is 2.40 bits per heavy atom. The summed E-state index contributed by atoms with van der Waals surface area (Å²) >= 11 is 0. The smallest absolute Gasteiger partial charge is 0.0241 e. The average molecular weight is 142 g/mol. The fraction of sp³-hybridized carbons (Fsp3) is 1.00. The minimum absolute atomic E-state index is 0.694. The molecule has 1 saturated heterocycles. The van der Waals surface area contributed by atoms with Crippen LogP contribution in [0.3, 0.4) is 0 Å². The first-order valence-corrected chi connectivity index (χ1v) is 4.36. The predicted octanol–water partition coefficient (Wildman–Crippen LogP) is 1.51. The summed E-state index contributed by atoms with van der Waals surface area (Å²) in [5.74, 6) is 5.75. The summed E-state index contributed by atoms with van der Waals surface area (Å²) in [4.78, 5) is 0. The van der Waals surface area contributed by atoms with Crippen LogP contribution < -0.4 is 5.84 Å². The number of nitrogens with two attached hydrogens (primary N) is 1. The van der Waals surface area contributed by atoms with Crippen LogP contribution in [-0.4, -0.2) is 17.6 Å². The van der Waals surface area contributed by atoms with Gasteiger partial charge in [0.2, 0.25) is 0 Å². The zero-order chi connectivity index (χ0) is 7.40. The maximum atomic E-state index is 5.75. The van der Waals surface area contributed by atoms with Crippen LogP contribution in [0.15, 0.2) is 0 Å². The molecule has 2 N–H and O–H groups in total. The molecule has 1 aliphatic heterocycles. The van der Waals surface area contributed by atoms with Gasteiger partial charge in [0, 0.05) is 12.6 Å². The summed E-state index contributed by atoms with van der Waals surface area (Å²) in [7, 11) is 0. The van der Waals surface area contributed by atoms with E-state index in [1.165, 1.54) is 32.1 Å². The molecule has 0 radical (unpaired) electrons. The highest BCUT2D eigenvalue weighted by molar-refractivity contribution is 4.74. The van der Waals surface area contributed by atoms with Gasteiger partial charge >= 0.3 is 0 Å². The SMILES string of the molecule is CCCCC1CCCN1N.